The molecule has 1 atom stereocenters. The number of ether oxygens (including phenoxy) is 1. The number of aromatic nitrogens is 1. The lowest BCUT2D eigenvalue weighted by atomic mass is 10.0. The van der Waals surface area contributed by atoms with Crippen LogP contribution in [0, 0.1) is 5.82 Å². The molecule has 3 aliphatic rings. The van der Waals surface area contributed by atoms with E-state index in [2.05, 4.69) is 10.2 Å². The lowest BCUT2D eigenvalue weighted by Gasteiger charge is -2.27. The SMILES string of the molecule is NC1CCN(C(=O)c2cn3c4c(c(NCCN5CCCC5)c(F)cc4c2=O)Oc2cc4c(cc2-3)oc2ccccc24)C1. The highest BCUT2D eigenvalue weighted by atomic mass is 19.1. The molecule has 0 radical (unpaired) electrons. The fraction of sp³-hybridized carbons (Fsp3) is 0.312. The zero-order chi connectivity index (χ0) is 28.5. The lowest BCUT2D eigenvalue weighted by Crippen LogP contribution is -2.35. The molecule has 0 aliphatic carbocycles. The monoisotopic (exact) mass is 567 g/mol. The van der Waals surface area contributed by atoms with Gasteiger partial charge in [-0.3, -0.25) is 9.59 Å². The van der Waals surface area contributed by atoms with Gasteiger partial charge in [-0.25, -0.2) is 4.39 Å². The van der Waals surface area contributed by atoms with Crippen molar-refractivity contribution in [3.05, 3.63) is 70.3 Å². The summed E-state index contributed by atoms with van der Waals surface area (Å²) in [6.07, 6.45) is 4.56. The average Bonchev–Trinajstić information content (AvgIpc) is 3.74. The Morgan fingerprint density at radius 3 is 2.69 bits per heavy atom. The number of anilines is 1. The van der Waals surface area contributed by atoms with Crippen LogP contribution in [0.1, 0.15) is 29.6 Å². The number of nitrogens with two attached hydrogens (primary N) is 1. The maximum atomic E-state index is 15.8. The number of hydrogen-bond acceptors (Lipinski definition) is 7. The molecule has 2 fully saturated rings. The third-order valence-electron chi connectivity index (χ3n) is 8.80. The Morgan fingerprint density at radius 2 is 1.88 bits per heavy atom. The second kappa shape index (κ2) is 9.57. The van der Waals surface area contributed by atoms with Gasteiger partial charge in [0.25, 0.3) is 5.91 Å². The molecule has 10 heteroatoms. The van der Waals surface area contributed by atoms with Gasteiger partial charge < -0.3 is 34.6 Å². The summed E-state index contributed by atoms with van der Waals surface area (Å²) in [6.45, 7) is 4.20. The van der Waals surface area contributed by atoms with Crippen molar-refractivity contribution in [2.75, 3.05) is 44.6 Å². The van der Waals surface area contributed by atoms with Crippen molar-refractivity contribution >= 4 is 44.4 Å². The summed E-state index contributed by atoms with van der Waals surface area (Å²) in [5.74, 6) is -0.313. The van der Waals surface area contributed by atoms with Crippen LogP contribution >= 0.6 is 0 Å². The largest absolute Gasteiger partial charge is 0.456 e. The van der Waals surface area contributed by atoms with Crippen molar-refractivity contribution in [2.45, 2.75) is 25.3 Å². The molecule has 8 rings (SSSR count). The van der Waals surface area contributed by atoms with Crippen molar-refractivity contribution in [3.8, 4) is 17.2 Å². The summed E-state index contributed by atoms with van der Waals surface area (Å²) in [6, 6.07) is 12.5. The van der Waals surface area contributed by atoms with Gasteiger partial charge in [-0.15, -0.1) is 0 Å². The predicted octanol–water partition coefficient (Wildman–Crippen LogP) is 4.82. The molecule has 1 unspecified atom stereocenters. The molecule has 3 aromatic carbocycles. The van der Waals surface area contributed by atoms with Crippen LogP contribution in [0.25, 0.3) is 38.5 Å². The summed E-state index contributed by atoms with van der Waals surface area (Å²) in [7, 11) is 0. The molecule has 5 aromatic rings. The number of furan rings is 1. The number of carbonyl (C=O) groups is 1. The van der Waals surface area contributed by atoms with Crippen molar-refractivity contribution in [3.63, 3.8) is 0 Å². The molecule has 3 N–H and O–H groups in total. The van der Waals surface area contributed by atoms with Crippen molar-refractivity contribution < 1.29 is 18.3 Å². The van der Waals surface area contributed by atoms with E-state index in [1.165, 1.54) is 18.9 Å². The molecule has 3 aliphatic heterocycles. The van der Waals surface area contributed by atoms with Crippen LogP contribution in [0.2, 0.25) is 0 Å². The highest BCUT2D eigenvalue weighted by Crippen LogP contribution is 2.47. The molecule has 0 bridgehead atoms. The number of benzene rings is 3. The maximum Gasteiger partial charge on any atom is 0.259 e. The fourth-order valence-electron chi connectivity index (χ4n) is 6.64. The van der Waals surface area contributed by atoms with Crippen LogP contribution in [-0.2, 0) is 0 Å². The maximum absolute atomic E-state index is 15.8. The first kappa shape index (κ1) is 25.3. The Labute approximate surface area is 240 Å². The van der Waals surface area contributed by atoms with Gasteiger partial charge in [0.05, 0.1) is 11.1 Å². The minimum absolute atomic E-state index is 0.0331. The van der Waals surface area contributed by atoms with E-state index in [4.69, 9.17) is 14.9 Å². The number of para-hydroxylation sites is 1. The third-order valence-corrected chi connectivity index (χ3v) is 8.80. The van der Waals surface area contributed by atoms with Gasteiger partial charge in [-0.05, 0) is 50.6 Å². The van der Waals surface area contributed by atoms with E-state index < -0.39 is 17.2 Å². The number of likely N-dealkylation sites (tertiary alicyclic amines) is 2. The summed E-state index contributed by atoms with van der Waals surface area (Å²) >= 11 is 0. The number of nitrogens with zero attached hydrogens (tertiary/aromatic N) is 3. The van der Waals surface area contributed by atoms with E-state index in [-0.39, 0.29) is 28.4 Å². The molecule has 0 saturated carbocycles. The second-order valence-electron chi connectivity index (χ2n) is 11.5. The van der Waals surface area contributed by atoms with Gasteiger partial charge in [0.1, 0.15) is 27.9 Å². The summed E-state index contributed by atoms with van der Waals surface area (Å²) in [5.41, 5.74) is 8.05. The van der Waals surface area contributed by atoms with Crippen LogP contribution in [-0.4, -0.2) is 65.6 Å². The van der Waals surface area contributed by atoms with Crippen molar-refractivity contribution in [1.29, 1.82) is 0 Å². The molecule has 2 saturated heterocycles. The number of nitrogens with one attached hydrogen (secondary N) is 1. The average molecular weight is 568 g/mol. The number of halogens is 1. The normalized spacial score (nSPS) is 18.2. The Bertz CT molecular complexity index is 1980. The Balaban J connectivity index is 1.33. The smallest absolute Gasteiger partial charge is 0.259 e. The molecule has 9 nitrogen and oxygen atoms in total. The number of carbonyl (C=O) groups excluding carboxylic acids is 1. The van der Waals surface area contributed by atoms with Crippen molar-refractivity contribution in [1.82, 2.24) is 14.4 Å². The second-order valence-corrected chi connectivity index (χ2v) is 11.5. The zero-order valence-electron chi connectivity index (χ0n) is 23.0. The number of hydrogen-bond donors (Lipinski definition) is 2. The molecular weight excluding hydrogens is 537 g/mol. The molecule has 214 valence electrons. The summed E-state index contributed by atoms with van der Waals surface area (Å²) in [4.78, 5) is 31.3. The minimum atomic E-state index is -0.603. The first-order valence-electron chi connectivity index (χ1n) is 14.5. The van der Waals surface area contributed by atoms with E-state index in [0.29, 0.717) is 48.6 Å². The quantitative estimate of drug-likeness (QED) is 0.308. The van der Waals surface area contributed by atoms with Gasteiger partial charge in [0.2, 0.25) is 5.43 Å². The number of amides is 1. The van der Waals surface area contributed by atoms with Gasteiger partial charge >= 0.3 is 0 Å². The minimum Gasteiger partial charge on any atom is -0.456 e. The number of fused-ring (bicyclic) bond motifs is 5. The van der Waals surface area contributed by atoms with Crippen LogP contribution in [0.15, 0.2) is 57.9 Å². The Hall–Kier alpha value is -4.41. The van der Waals surface area contributed by atoms with E-state index in [1.807, 2.05) is 36.4 Å². The van der Waals surface area contributed by atoms with Gasteiger partial charge in [0, 0.05) is 55.3 Å². The van der Waals surface area contributed by atoms with E-state index in [9.17, 15) is 9.59 Å². The van der Waals surface area contributed by atoms with E-state index in [0.717, 1.165) is 36.0 Å². The molecule has 0 spiro atoms. The third kappa shape index (κ3) is 3.89. The topological polar surface area (TPSA) is 106 Å². The number of rotatable bonds is 5. The first-order valence-corrected chi connectivity index (χ1v) is 14.5. The predicted molar refractivity (Wildman–Crippen MR) is 160 cm³/mol. The van der Waals surface area contributed by atoms with Crippen molar-refractivity contribution in [2.24, 2.45) is 5.73 Å². The first-order chi connectivity index (χ1) is 20.5. The summed E-state index contributed by atoms with van der Waals surface area (Å²) < 4.78 is 30.2. The van der Waals surface area contributed by atoms with Crippen LogP contribution in [0.4, 0.5) is 10.1 Å². The van der Waals surface area contributed by atoms with Crippen LogP contribution < -0.4 is 21.2 Å². The highest BCUT2D eigenvalue weighted by Gasteiger charge is 2.32. The molecule has 42 heavy (non-hydrogen) atoms. The van der Waals surface area contributed by atoms with E-state index >= 15 is 4.39 Å². The Morgan fingerprint density at radius 1 is 1.05 bits per heavy atom. The lowest BCUT2D eigenvalue weighted by molar-refractivity contribution is 0.0789. The molecule has 5 heterocycles. The highest BCUT2D eigenvalue weighted by molar-refractivity contribution is 6.07. The van der Waals surface area contributed by atoms with Gasteiger partial charge in [0.15, 0.2) is 17.3 Å². The van der Waals surface area contributed by atoms with Gasteiger partial charge in [-0.2, -0.15) is 0 Å². The zero-order valence-corrected chi connectivity index (χ0v) is 23.0. The van der Waals surface area contributed by atoms with E-state index in [1.54, 1.807) is 15.7 Å². The number of pyridine rings is 1. The molecular formula is C32H30FN5O4. The molecule has 2 aromatic heterocycles. The standard InChI is InChI=1S/C32H30FN5O4/c33-23-13-21-29-31(28(23)35-8-12-36-9-3-4-10-36)42-27-14-20-19-5-1-2-6-25(19)41-26(20)15-24(27)38(29)17-22(30(21)39)32(40)37-11-7-18(34)16-37/h1-2,5-6,13-15,17-18,35H,3-4,7-12,16,34H2. The Kier molecular flexibility index (Phi) is 5.77. The van der Waals surface area contributed by atoms with Crippen LogP contribution in [0.3, 0.4) is 0 Å². The molecule has 1 amide bonds. The fourth-order valence-corrected chi connectivity index (χ4v) is 6.64. The van der Waals surface area contributed by atoms with Crippen LogP contribution in [0.5, 0.6) is 11.5 Å². The van der Waals surface area contributed by atoms with Gasteiger partial charge in [-0.1, -0.05) is 18.2 Å². The summed E-state index contributed by atoms with van der Waals surface area (Å²) in [5, 5.41) is 5.11.